The molecule has 0 fully saturated rings. The molecule has 1 amide bonds. The van der Waals surface area contributed by atoms with Gasteiger partial charge in [-0.2, -0.15) is 0 Å². The number of hydrogen-bond acceptors (Lipinski definition) is 8. The summed E-state index contributed by atoms with van der Waals surface area (Å²) in [6, 6.07) is 10.2. The number of aryl methyl sites for hydroxylation is 1. The van der Waals surface area contributed by atoms with E-state index in [0.717, 1.165) is 29.8 Å². The molecule has 9 heteroatoms. The lowest BCUT2D eigenvalue weighted by molar-refractivity contribution is 0.0970. The molecule has 0 saturated heterocycles. The number of hydrogen-bond donors (Lipinski definition) is 0. The highest BCUT2D eigenvalue weighted by atomic mass is 32.1. The van der Waals surface area contributed by atoms with Gasteiger partial charge in [-0.15, -0.1) is 10.2 Å². The Kier molecular flexibility index (Phi) is 7.70. The average Bonchev–Trinajstić information content (AvgIpc) is 3.47. The molecule has 8 nitrogen and oxygen atoms in total. The molecule has 1 atom stereocenters. The Morgan fingerprint density at radius 1 is 1.05 bits per heavy atom. The van der Waals surface area contributed by atoms with E-state index in [1.54, 1.807) is 12.1 Å². The third kappa shape index (κ3) is 5.15. The van der Waals surface area contributed by atoms with Crippen LogP contribution in [0.3, 0.4) is 0 Å². The lowest BCUT2D eigenvalue weighted by Crippen LogP contribution is -2.29. The van der Waals surface area contributed by atoms with Crippen molar-refractivity contribution in [1.29, 1.82) is 0 Å². The maximum atomic E-state index is 14.0. The topological polar surface area (TPSA) is 94.8 Å². The molecule has 39 heavy (non-hydrogen) atoms. The number of unbranched alkanes of at least 4 members (excludes halogenated alkanes) is 1. The molecule has 2 aromatic heterocycles. The first-order valence-electron chi connectivity index (χ1n) is 13.4. The van der Waals surface area contributed by atoms with E-state index in [9.17, 15) is 9.59 Å². The Hall–Kier alpha value is -3.72. The van der Waals surface area contributed by atoms with E-state index >= 15 is 0 Å². The van der Waals surface area contributed by atoms with Crippen LogP contribution in [-0.4, -0.2) is 29.3 Å². The highest BCUT2D eigenvalue weighted by molar-refractivity contribution is 7.15. The van der Waals surface area contributed by atoms with Crippen LogP contribution in [0.15, 0.2) is 45.6 Å². The van der Waals surface area contributed by atoms with Crippen LogP contribution in [0, 0.1) is 12.8 Å². The third-order valence-electron chi connectivity index (χ3n) is 6.61. The van der Waals surface area contributed by atoms with Crippen LogP contribution >= 0.6 is 11.3 Å². The number of benzene rings is 2. The number of carbonyl (C=O) groups is 1. The first-order chi connectivity index (χ1) is 18.8. The van der Waals surface area contributed by atoms with Gasteiger partial charge in [0.1, 0.15) is 10.6 Å². The van der Waals surface area contributed by atoms with Crippen LogP contribution in [-0.2, 0) is 6.42 Å². The van der Waals surface area contributed by atoms with Crippen molar-refractivity contribution < 1.29 is 18.7 Å². The summed E-state index contributed by atoms with van der Waals surface area (Å²) in [4.78, 5) is 29.4. The third-order valence-corrected chi connectivity index (χ3v) is 7.55. The fourth-order valence-corrected chi connectivity index (χ4v) is 5.86. The molecule has 1 aliphatic rings. The van der Waals surface area contributed by atoms with Crippen molar-refractivity contribution in [2.75, 3.05) is 18.1 Å². The molecular weight excluding hydrogens is 514 g/mol. The predicted octanol–water partition coefficient (Wildman–Crippen LogP) is 6.48. The maximum Gasteiger partial charge on any atom is 0.297 e. The fraction of sp³-hybridized carbons (Fsp3) is 0.400. The van der Waals surface area contributed by atoms with Gasteiger partial charge in [-0.3, -0.25) is 14.5 Å². The monoisotopic (exact) mass is 547 g/mol. The van der Waals surface area contributed by atoms with Gasteiger partial charge in [-0.1, -0.05) is 56.2 Å². The Morgan fingerprint density at radius 3 is 2.62 bits per heavy atom. The number of nitrogens with zero attached hydrogens (tertiary/aromatic N) is 3. The smallest absolute Gasteiger partial charge is 0.297 e. The number of aromatic nitrogens is 2. The number of carbonyl (C=O) groups excluding carboxylic acids is 1. The second kappa shape index (κ2) is 11.2. The maximum absolute atomic E-state index is 14.0. The van der Waals surface area contributed by atoms with E-state index < -0.39 is 11.9 Å². The van der Waals surface area contributed by atoms with E-state index in [1.165, 1.54) is 16.2 Å². The van der Waals surface area contributed by atoms with Crippen molar-refractivity contribution in [3.63, 3.8) is 0 Å². The zero-order chi connectivity index (χ0) is 27.7. The molecule has 0 bridgehead atoms. The molecule has 0 radical (unpaired) electrons. The van der Waals surface area contributed by atoms with Gasteiger partial charge in [0.05, 0.1) is 30.2 Å². The average molecular weight is 548 g/mol. The predicted molar refractivity (Wildman–Crippen MR) is 152 cm³/mol. The summed E-state index contributed by atoms with van der Waals surface area (Å²) >= 11 is 1.36. The van der Waals surface area contributed by atoms with Crippen LogP contribution in [0.25, 0.3) is 11.0 Å². The minimum absolute atomic E-state index is 0.0307. The molecule has 4 aromatic rings. The standard InChI is InChI=1S/C30H33N3O5S/c1-6-8-13-37-22-12-10-19(16-23(22)36-7-2)26-25-27(34)20-15-18(5)9-11-21(20)38-28(25)29(35)33(26)30-32-31-24(39-30)14-17(3)4/h9-12,15-17,26H,6-8,13-14H2,1-5H3. The summed E-state index contributed by atoms with van der Waals surface area (Å²) in [6.07, 6.45) is 2.69. The lowest BCUT2D eigenvalue weighted by atomic mass is 9.98. The molecule has 5 rings (SSSR count). The Labute approximate surface area is 231 Å². The van der Waals surface area contributed by atoms with Crippen LogP contribution in [0.1, 0.15) is 78.8 Å². The highest BCUT2D eigenvalue weighted by Crippen LogP contribution is 2.44. The lowest BCUT2D eigenvalue weighted by Gasteiger charge is -2.23. The van der Waals surface area contributed by atoms with Crippen molar-refractivity contribution in [3.8, 4) is 11.5 Å². The van der Waals surface area contributed by atoms with Crippen LogP contribution in [0.5, 0.6) is 11.5 Å². The number of amides is 1. The van der Waals surface area contributed by atoms with E-state index in [-0.39, 0.29) is 11.2 Å². The van der Waals surface area contributed by atoms with Crippen molar-refractivity contribution in [2.45, 2.75) is 59.9 Å². The second-order valence-electron chi connectivity index (χ2n) is 10.2. The van der Waals surface area contributed by atoms with Gasteiger partial charge in [0, 0.05) is 6.42 Å². The van der Waals surface area contributed by atoms with Gasteiger partial charge in [0.2, 0.25) is 10.9 Å². The van der Waals surface area contributed by atoms with Gasteiger partial charge in [-0.05, 0) is 56.0 Å². The SMILES string of the molecule is CCCCOc1ccc(C2c3c(oc4ccc(C)cc4c3=O)C(=O)N2c2nnc(CC(C)C)s2)cc1OCC. The molecule has 0 saturated carbocycles. The van der Waals surface area contributed by atoms with Crippen molar-refractivity contribution in [2.24, 2.45) is 5.92 Å². The summed E-state index contributed by atoms with van der Waals surface area (Å²) in [7, 11) is 0. The quantitative estimate of drug-likeness (QED) is 0.210. The fourth-order valence-electron chi connectivity index (χ4n) is 4.78. The van der Waals surface area contributed by atoms with Gasteiger partial charge in [-0.25, -0.2) is 0 Å². The van der Waals surface area contributed by atoms with Crippen LogP contribution < -0.4 is 19.8 Å². The number of ether oxygens (including phenoxy) is 2. The molecule has 1 unspecified atom stereocenters. The Balaban J connectivity index is 1.69. The van der Waals surface area contributed by atoms with Gasteiger partial charge >= 0.3 is 0 Å². The zero-order valence-corrected chi connectivity index (χ0v) is 23.8. The number of fused-ring (bicyclic) bond motifs is 2. The molecule has 0 spiro atoms. The van der Waals surface area contributed by atoms with Gasteiger partial charge in [0.15, 0.2) is 16.9 Å². The molecular formula is C30H33N3O5S. The summed E-state index contributed by atoms with van der Waals surface area (Å²) in [6.45, 7) is 11.2. The Bertz CT molecular complexity index is 1570. The Morgan fingerprint density at radius 2 is 1.87 bits per heavy atom. The highest BCUT2D eigenvalue weighted by Gasteiger charge is 2.45. The summed E-state index contributed by atoms with van der Waals surface area (Å²) in [5, 5.41) is 10.4. The minimum atomic E-state index is -0.752. The first kappa shape index (κ1) is 26.9. The number of anilines is 1. The summed E-state index contributed by atoms with van der Waals surface area (Å²) in [5.41, 5.74) is 2.07. The van der Waals surface area contributed by atoms with Gasteiger partial charge in [0.25, 0.3) is 5.91 Å². The molecule has 204 valence electrons. The van der Waals surface area contributed by atoms with E-state index in [2.05, 4.69) is 31.0 Å². The second-order valence-corrected chi connectivity index (χ2v) is 11.2. The molecule has 3 heterocycles. The molecule has 0 aliphatic carbocycles. The van der Waals surface area contributed by atoms with Crippen molar-refractivity contribution >= 4 is 33.3 Å². The van der Waals surface area contributed by atoms with E-state index in [0.29, 0.717) is 57.9 Å². The van der Waals surface area contributed by atoms with Crippen molar-refractivity contribution in [1.82, 2.24) is 10.2 Å². The first-order valence-corrected chi connectivity index (χ1v) is 14.3. The number of rotatable bonds is 10. The van der Waals surface area contributed by atoms with Crippen LogP contribution in [0.2, 0.25) is 0 Å². The normalized spacial score (nSPS) is 14.9. The summed E-state index contributed by atoms with van der Waals surface area (Å²) < 4.78 is 18.0. The van der Waals surface area contributed by atoms with Gasteiger partial charge < -0.3 is 13.9 Å². The summed E-state index contributed by atoms with van der Waals surface area (Å²) in [5.74, 6) is 1.19. The molecule has 2 aromatic carbocycles. The van der Waals surface area contributed by atoms with Crippen molar-refractivity contribution in [3.05, 3.63) is 74.1 Å². The molecule has 1 aliphatic heterocycles. The minimum Gasteiger partial charge on any atom is -0.490 e. The zero-order valence-electron chi connectivity index (χ0n) is 22.9. The largest absolute Gasteiger partial charge is 0.490 e. The van der Waals surface area contributed by atoms with Crippen LogP contribution in [0.4, 0.5) is 5.13 Å². The van der Waals surface area contributed by atoms with E-state index in [4.69, 9.17) is 13.9 Å². The molecule has 0 N–H and O–H groups in total. The van der Waals surface area contributed by atoms with E-state index in [1.807, 2.05) is 38.1 Å².